The lowest BCUT2D eigenvalue weighted by Gasteiger charge is -2.18. The fourth-order valence-corrected chi connectivity index (χ4v) is 2.05. The lowest BCUT2D eigenvalue weighted by atomic mass is 10.00. The van der Waals surface area contributed by atoms with Crippen LogP contribution >= 0.6 is 0 Å². The normalized spacial score (nSPS) is 13.2. The minimum atomic E-state index is -1.24. The van der Waals surface area contributed by atoms with E-state index < -0.39 is 24.0 Å². The molecular weight excluding hydrogens is 284 g/mol. The van der Waals surface area contributed by atoms with E-state index in [9.17, 15) is 19.8 Å². The first-order chi connectivity index (χ1) is 10.3. The summed E-state index contributed by atoms with van der Waals surface area (Å²) in [6, 6.07) is 7.41. The van der Waals surface area contributed by atoms with Crippen molar-refractivity contribution < 1.29 is 19.8 Å². The number of nitrogens with one attached hydrogen (secondary N) is 1. The molecule has 0 fully saturated rings. The number of hydrogen-bond acceptors (Lipinski definition) is 4. The molecular formula is C16H20N2O4. The van der Waals surface area contributed by atoms with Crippen LogP contribution in [0.1, 0.15) is 31.4 Å². The highest BCUT2D eigenvalue weighted by molar-refractivity contribution is 5.86. The van der Waals surface area contributed by atoms with E-state index in [0.29, 0.717) is 11.1 Å². The second-order valence-electron chi connectivity index (χ2n) is 5.52. The van der Waals surface area contributed by atoms with E-state index in [1.165, 1.54) is 0 Å². The lowest BCUT2D eigenvalue weighted by molar-refractivity contribution is -0.143. The van der Waals surface area contributed by atoms with Crippen LogP contribution in [0.5, 0.6) is 0 Å². The number of carboxylic acids is 1. The predicted octanol–water partition coefficient (Wildman–Crippen LogP) is 1.08. The van der Waals surface area contributed by atoms with Crippen LogP contribution in [-0.2, 0) is 16.0 Å². The van der Waals surface area contributed by atoms with Crippen LogP contribution in [0, 0.1) is 17.2 Å². The number of nitriles is 1. The van der Waals surface area contributed by atoms with E-state index >= 15 is 0 Å². The van der Waals surface area contributed by atoms with Crippen molar-refractivity contribution in [3.8, 4) is 6.07 Å². The van der Waals surface area contributed by atoms with Gasteiger partial charge >= 0.3 is 5.97 Å². The molecule has 1 rings (SSSR count). The van der Waals surface area contributed by atoms with Gasteiger partial charge in [0.2, 0.25) is 5.91 Å². The molecule has 0 spiro atoms. The molecule has 6 heteroatoms. The van der Waals surface area contributed by atoms with Gasteiger partial charge in [-0.3, -0.25) is 4.79 Å². The maximum atomic E-state index is 11.8. The fraction of sp³-hybridized carbons (Fsp3) is 0.438. The number of aliphatic hydroxyl groups is 1. The van der Waals surface area contributed by atoms with Crippen molar-refractivity contribution in [1.29, 1.82) is 5.26 Å². The van der Waals surface area contributed by atoms with Gasteiger partial charge < -0.3 is 15.5 Å². The highest BCUT2D eigenvalue weighted by Gasteiger charge is 2.25. The zero-order valence-electron chi connectivity index (χ0n) is 12.6. The number of hydrogen-bond donors (Lipinski definition) is 3. The van der Waals surface area contributed by atoms with Crippen molar-refractivity contribution in [1.82, 2.24) is 5.32 Å². The number of carbonyl (C=O) groups excluding carboxylic acids is 1. The molecule has 118 valence electrons. The van der Waals surface area contributed by atoms with Crippen molar-refractivity contribution in [2.75, 3.05) is 0 Å². The topological polar surface area (TPSA) is 110 Å². The molecule has 1 aromatic rings. The molecule has 2 atom stereocenters. The predicted molar refractivity (Wildman–Crippen MR) is 79.9 cm³/mol. The Morgan fingerprint density at radius 1 is 1.32 bits per heavy atom. The molecule has 0 bridgehead atoms. The number of carbonyl (C=O) groups is 2. The van der Waals surface area contributed by atoms with Crippen LogP contribution in [0.4, 0.5) is 0 Å². The summed E-state index contributed by atoms with van der Waals surface area (Å²) in [5, 5.41) is 30.3. The third-order valence-corrected chi connectivity index (χ3v) is 3.17. The Morgan fingerprint density at radius 3 is 2.50 bits per heavy atom. The second kappa shape index (κ2) is 8.15. The molecule has 3 N–H and O–H groups in total. The maximum absolute atomic E-state index is 11.8. The first kappa shape index (κ1) is 17.7. The third-order valence-electron chi connectivity index (χ3n) is 3.17. The summed E-state index contributed by atoms with van der Waals surface area (Å²) < 4.78 is 0. The van der Waals surface area contributed by atoms with Crippen molar-refractivity contribution in [3.63, 3.8) is 0 Å². The summed E-state index contributed by atoms with van der Waals surface area (Å²) >= 11 is 0. The summed E-state index contributed by atoms with van der Waals surface area (Å²) in [5.41, 5.74) is 0.904. The van der Waals surface area contributed by atoms with Crippen LogP contribution in [0.2, 0.25) is 0 Å². The van der Waals surface area contributed by atoms with E-state index in [1.807, 2.05) is 19.9 Å². The molecule has 0 aliphatic heterocycles. The molecule has 22 heavy (non-hydrogen) atoms. The smallest absolute Gasteiger partial charge is 0.326 e. The zero-order valence-corrected chi connectivity index (χ0v) is 12.6. The molecule has 1 amide bonds. The number of carboxylic acid groups (broad SMARTS) is 1. The Bertz CT molecular complexity index is 578. The van der Waals surface area contributed by atoms with E-state index in [2.05, 4.69) is 5.32 Å². The van der Waals surface area contributed by atoms with Crippen LogP contribution < -0.4 is 5.32 Å². The highest BCUT2D eigenvalue weighted by atomic mass is 16.4. The van der Waals surface area contributed by atoms with Gasteiger partial charge in [0.05, 0.1) is 11.6 Å². The van der Waals surface area contributed by atoms with E-state index in [-0.39, 0.29) is 18.8 Å². The molecule has 0 aliphatic rings. The van der Waals surface area contributed by atoms with Crippen LogP contribution in [0.25, 0.3) is 0 Å². The van der Waals surface area contributed by atoms with Gasteiger partial charge in [0.15, 0.2) is 0 Å². The van der Waals surface area contributed by atoms with E-state index in [1.54, 1.807) is 24.3 Å². The Kier molecular flexibility index (Phi) is 6.54. The molecule has 0 unspecified atom stereocenters. The lowest BCUT2D eigenvalue weighted by Crippen LogP contribution is -2.47. The minimum Gasteiger partial charge on any atom is -0.480 e. The van der Waals surface area contributed by atoms with Crippen LogP contribution in [-0.4, -0.2) is 34.2 Å². The Hall–Kier alpha value is -2.39. The third kappa shape index (κ3) is 5.19. The minimum absolute atomic E-state index is 0.0147. The first-order valence-electron chi connectivity index (χ1n) is 7.04. The SMILES string of the molecule is CC(C)C[C@H](O)C(=O)N[C@@H](Cc1ccccc1C#N)C(=O)O. The van der Waals surface area contributed by atoms with Gasteiger partial charge in [-0.05, 0) is 24.0 Å². The van der Waals surface area contributed by atoms with E-state index in [4.69, 9.17) is 5.26 Å². The van der Waals surface area contributed by atoms with Gasteiger partial charge in [-0.25, -0.2) is 4.79 Å². The van der Waals surface area contributed by atoms with Gasteiger partial charge in [-0.1, -0.05) is 32.0 Å². The molecule has 0 saturated heterocycles. The van der Waals surface area contributed by atoms with Crippen LogP contribution in [0.3, 0.4) is 0 Å². The summed E-state index contributed by atoms with van der Waals surface area (Å²) in [6.45, 7) is 3.71. The summed E-state index contributed by atoms with van der Waals surface area (Å²) in [6.07, 6.45) is -1.00. The average molecular weight is 304 g/mol. The molecule has 0 heterocycles. The van der Waals surface area contributed by atoms with Crippen molar-refractivity contribution in [2.45, 2.75) is 38.8 Å². The van der Waals surface area contributed by atoms with Crippen molar-refractivity contribution >= 4 is 11.9 Å². The van der Waals surface area contributed by atoms with E-state index in [0.717, 1.165) is 0 Å². The standard InChI is InChI=1S/C16H20N2O4/c1-10(2)7-14(19)15(20)18-13(16(21)22)8-11-5-3-4-6-12(11)9-17/h3-6,10,13-14,19H,7-8H2,1-2H3,(H,18,20)(H,21,22)/t13-,14-/m0/s1. The number of aliphatic hydroxyl groups excluding tert-OH is 1. The number of aliphatic carboxylic acids is 1. The van der Waals surface area contributed by atoms with Gasteiger partial charge in [0.25, 0.3) is 0 Å². The zero-order chi connectivity index (χ0) is 16.7. The van der Waals surface area contributed by atoms with Gasteiger partial charge in [0, 0.05) is 6.42 Å². The van der Waals surface area contributed by atoms with Crippen molar-refractivity contribution in [3.05, 3.63) is 35.4 Å². The molecule has 0 saturated carbocycles. The Balaban J connectivity index is 2.81. The Labute approximate surface area is 129 Å². The van der Waals surface area contributed by atoms with Crippen molar-refractivity contribution in [2.24, 2.45) is 5.92 Å². The number of amides is 1. The molecule has 0 aromatic heterocycles. The fourth-order valence-electron chi connectivity index (χ4n) is 2.05. The number of rotatable bonds is 7. The van der Waals surface area contributed by atoms with Gasteiger partial charge in [0.1, 0.15) is 12.1 Å². The average Bonchev–Trinajstić information content (AvgIpc) is 2.46. The highest BCUT2D eigenvalue weighted by Crippen LogP contribution is 2.11. The van der Waals surface area contributed by atoms with Gasteiger partial charge in [-0.2, -0.15) is 5.26 Å². The monoisotopic (exact) mass is 304 g/mol. The quantitative estimate of drug-likeness (QED) is 0.698. The molecule has 0 aliphatic carbocycles. The maximum Gasteiger partial charge on any atom is 0.326 e. The first-order valence-corrected chi connectivity index (χ1v) is 7.04. The number of nitrogens with zero attached hydrogens (tertiary/aromatic N) is 1. The second-order valence-corrected chi connectivity index (χ2v) is 5.52. The molecule has 0 radical (unpaired) electrons. The van der Waals surface area contributed by atoms with Crippen LogP contribution in [0.15, 0.2) is 24.3 Å². The molecule has 1 aromatic carbocycles. The van der Waals surface area contributed by atoms with Gasteiger partial charge in [-0.15, -0.1) is 0 Å². The summed E-state index contributed by atoms with van der Waals surface area (Å²) in [5.74, 6) is -1.81. The number of benzene rings is 1. The Morgan fingerprint density at radius 2 is 1.95 bits per heavy atom. The summed E-state index contributed by atoms with van der Waals surface area (Å²) in [4.78, 5) is 23.2. The molecule has 6 nitrogen and oxygen atoms in total. The summed E-state index contributed by atoms with van der Waals surface area (Å²) in [7, 11) is 0. The largest absolute Gasteiger partial charge is 0.480 e.